The van der Waals surface area contributed by atoms with E-state index in [0.29, 0.717) is 0 Å². The second-order valence-electron chi connectivity index (χ2n) is 4.76. The van der Waals surface area contributed by atoms with Crippen molar-refractivity contribution < 1.29 is 5.11 Å². The highest BCUT2D eigenvalue weighted by Gasteiger charge is 2.17. The molecule has 0 aliphatic rings. The van der Waals surface area contributed by atoms with Gasteiger partial charge in [0.1, 0.15) is 0 Å². The molecule has 1 aromatic carbocycles. The van der Waals surface area contributed by atoms with E-state index in [4.69, 9.17) is 0 Å². The molecule has 2 unspecified atom stereocenters. The van der Waals surface area contributed by atoms with E-state index in [-0.39, 0.29) is 12.0 Å². The maximum Gasteiger partial charge on any atom is 0.0819 e. The molecule has 0 amide bonds. The van der Waals surface area contributed by atoms with E-state index in [1.54, 1.807) is 0 Å². The maximum atomic E-state index is 10.3. The first-order chi connectivity index (χ1) is 8.70. The molecular formula is C16H20OS. The van der Waals surface area contributed by atoms with Gasteiger partial charge in [0.15, 0.2) is 0 Å². The SMILES string of the molecule is CCc1ccc(CC(C)C(O)c2ccccc2)s1. The van der Waals surface area contributed by atoms with Crippen LogP contribution in [0.25, 0.3) is 0 Å². The van der Waals surface area contributed by atoms with Crippen molar-refractivity contribution in [1.82, 2.24) is 0 Å². The molecule has 2 atom stereocenters. The normalized spacial score (nSPS) is 14.4. The Bertz CT molecular complexity index is 475. The van der Waals surface area contributed by atoms with E-state index < -0.39 is 0 Å². The summed E-state index contributed by atoms with van der Waals surface area (Å²) in [4.78, 5) is 2.79. The molecule has 2 heteroatoms. The molecule has 96 valence electrons. The van der Waals surface area contributed by atoms with E-state index >= 15 is 0 Å². The minimum atomic E-state index is -0.377. The van der Waals surface area contributed by atoms with Crippen LogP contribution in [0.2, 0.25) is 0 Å². The maximum absolute atomic E-state index is 10.3. The van der Waals surface area contributed by atoms with Gasteiger partial charge in [-0.05, 0) is 36.5 Å². The Morgan fingerprint density at radius 1 is 1.06 bits per heavy atom. The predicted molar refractivity (Wildman–Crippen MR) is 78.0 cm³/mol. The van der Waals surface area contributed by atoms with Gasteiger partial charge in [-0.3, -0.25) is 0 Å². The minimum absolute atomic E-state index is 0.246. The number of thiophene rings is 1. The van der Waals surface area contributed by atoms with Gasteiger partial charge in [-0.25, -0.2) is 0 Å². The highest BCUT2D eigenvalue weighted by atomic mass is 32.1. The third kappa shape index (κ3) is 3.21. The number of benzene rings is 1. The molecule has 18 heavy (non-hydrogen) atoms. The molecule has 2 aromatic rings. The summed E-state index contributed by atoms with van der Waals surface area (Å²) < 4.78 is 0. The fourth-order valence-corrected chi connectivity index (χ4v) is 3.23. The summed E-state index contributed by atoms with van der Waals surface area (Å²) in [6.07, 6.45) is 1.67. The van der Waals surface area contributed by atoms with Crippen LogP contribution >= 0.6 is 11.3 Å². The third-order valence-corrected chi connectivity index (χ3v) is 4.52. The Morgan fingerprint density at radius 2 is 1.72 bits per heavy atom. The fourth-order valence-electron chi connectivity index (χ4n) is 2.13. The third-order valence-electron chi connectivity index (χ3n) is 3.27. The highest BCUT2D eigenvalue weighted by Crippen LogP contribution is 2.27. The van der Waals surface area contributed by atoms with Crippen molar-refractivity contribution in [2.75, 3.05) is 0 Å². The first-order valence-corrected chi connectivity index (χ1v) is 7.33. The van der Waals surface area contributed by atoms with Crippen LogP contribution in [0.3, 0.4) is 0 Å². The van der Waals surface area contributed by atoms with Crippen molar-refractivity contribution in [1.29, 1.82) is 0 Å². The molecule has 1 N–H and O–H groups in total. The summed E-state index contributed by atoms with van der Waals surface area (Å²) >= 11 is 1.86. The molecule has 0 fully saturated rings. The average Bonchev–Trinajstić information content (AvgIpc) is 2.86. The molecule has 1 aromatic heterocycles. The number of aliphatic hydroxyl groups excluding tert-OH is 1. The lowest BCUT2D eigenvalue weighted by Gasteiger charge is -2.18. The van der Waals surface area contributed by atoms with Crippen molar-refractivity contribution in [2.45, 2.75) is 32.8 Å². The lowest BCUT2D eigenvalue weighted by Crippen LogP contribution is -2.11. The Kier molecular flexibility index (Phi) is 4.56. The molecule has 0 saturated carbocycles. The number of aliphatic hydroxyl groups is 1. The van der Waals surface area contributed by atoms with Crippen molar-refractivity contribution >= 4 is 11.3 Å². The van der Waals surface area contributed by atoms with Crippen LogP contribution in [0, 0.1) is 5.92 Å². The zero-order valence-corrected chi connectivity index (χ0v) is 11.8. The largest absolute Gasteiger partial charge is 0.388 e. The molecule has 0 aliphatic heterocycles. The van der Waals surface area contributed by atoms with Crippen LogP contribution < -0.4 is 0 Å². The van der Waals surface area contributed by atoms with Gasteiger partial charge in [-0.15, -0.1) is 11.3 Å². The zero-order valence-electron chi connectivity index (χ0n) is 11.0. The van der Waals surface area contributed by atoms with Crippen molar-refractivity contribution in [2.24, 2.45) is 5.92 Å². The van der Waals surface area contributed by atoms with Crippen molar-refractivity contribution in [3.63, 3.8) is 0 Å². The van der Waals surface area contributed by atoms with Crippen LogP contribution in [-0.4, -0.2) is 5.11 Å². The Morgan fingerprint density at radius 3 is 2.33 bits per heavy atom. The summed E-state index contributed by atoms with van der Waals surface area (Å²) in [5.41, 5.74) is 1.01. The molecule has 0 radical (unpaired) electrons. The van der Waals surface area contributed by atoms with Gasteiger partial charge in [0.2, 0.25) is 0 Å². The van der Waals surface area contributed by atoms with Crippen molar-refractivity contribution in [3.05, 3.63) is 57.8 Å². The smallest absolute Gasteiger partial charge is 0.0819 e. The summed E-state index contributed by atoms with van der Waals surface area (Å²) in [6, 6.07) is 14.3. The first kappa shape index (κ1) is 13.3. The monoisotopic (exact) mass is 260 g/mol. The minimum Gasteiger partial charge on any atom is -0.388 e. The van der Waals surface area contributed by atoms with Gasteiger partial charge in [0.25, 0.3) is 0 Å². The summed E-state index contributed by atoms with van der Waals surface area (Å²) in [6.45, 7) is 4.29. The first-order valence-electron chi connectivity index (χ1n) is 6.51. The van der Waals surface area contributed by atoms with E-state index in [1.165, 1.54) is 9.75 Å². The molecule has 0 bridgehead atoms. The van der Waals surface area contributed by atoms with E-state index in [0.717, 1.165) is 18.4 Å². The quantitative estimate of drug-likeness (QED) is 0.853. The summed E-state index contributed by atoms with van der Waals surface area (Å²) in [7, 11) is 0. The fraction of sp³-hybridized carbons (Fsp3) is 0.375. The molecule has 0 saturated heterocycles. The second-order valence-corrected chi connectivity index (χ2v) is 6.01. The molecule has 1 heterocycles. The van der Waals surface area contributed by atoms with Crippen LogP contribution in [0.4, 0.5) is 0 Å². The standard InChI is InChI=1S/C16H20OS/c1-3-14-9-10-15(18-14)11-12(2)16(17)13-7-5-4-6-8-13/h4-10,12,16-17H,3,11H2,1-2H3. The van der Waals surface area contributed by atoms with Crippen molar-refractivity contribution in [3.8, 4) is 0 Å². The molecule has 0 aliphatic carbocycles. The average molecular weight is 260 g/mol. The summed E-state index contributed by atoms with van der Waals surface area (Å²) in [5, 5.41) is 10.3. The Balaban J connectivity index is 2.01. The summed E-state index contributed by atoms with van der Waals surface area (Å²) in [5.74, 6) is 0.246. The molecule has 2 rings (SSSR count). The van der Waals surface area contributed by atoms with Gasteiger partial charge >= 0.3 is 0 Å². The Hall–Kier alpha value is -1.12. The zero-order chi connectivity index (χ0) is 13.0. The van der Waals surface area contributed by atoms with Gasteiger partial charge in [0, 0.05) is 9.75 Å². The van der Waals surface area contributed by atoms with Gasteiger partial charge in [-0.1, -0.05) is 44.2 Å². The van der Waals surface area contributed by atoms with Gasteiger partial charge in [-0.2, -0.15) is 0 Å². The van der Waals surface area contributed by atoms with Crippen LogP contribution in [0.5, 0.6) is 0 Å². The van der Waals surface area contributed by atoms with E-state index in [1.807, 2.05) is 41.7 Å². The second kappa shape index (κ2) is 6.17. The van der Waals surface area contributed by atoms with Crippen LogP contribution in [-0.2, 0) is 12.8 Å². The Labute approximate surface area is 113 Å². The van der Waals surface area contributed by atoms with Gasteiger partial charge < -0.3 is 5.11 Å². The molecule has 1 nitrogen and oxygen atoms in total. The predicted octanol–water partition coefficient (Wildman–Crippen LogP) is 4.22. The topological polar surface area (TPSA) is 20.2 Å². The van der Waals surface area contributed by atoms with Gasteiger partial charge in [0.05, 0.1) is 6.10 Å². The molecule has 0 spiro atoms. The van der Waals surface area contributed by atoms with Crippen LogP contribution in [0.1, 0.15) is 35.3 Å². The lowest BCUT2D eigenvalue weighted by atomic mass is 9.94. The highest BCUT2D eigenvalue weighted by molar-refractivity contribution is 7.11. The number of hydrogen-bond donors (Lipinski definition) is 1. The van der Waals surface area contributed by atoms with E-state index in [9.17, 15) is 5.11 Å². The number of aryl methyl sites for hydroxylation is 1. The number of hydrogen-bond acceptors (Lipinski definition) is 2. The number of rotatable bonds is 5. The molecular weight excluding hydrogens is 240 g/mol. The van der Waals surface area contributed by atoms with E-state index in [2.05, 4.69) is 26.0 Å². The lowest BCUT2D eigenvalue weighted by molar-refractivity contribution is 0.118. The van der Waals surface area contributed by atoms with Crippen LogP contribution in [0.15, 0.2) is 42.5 Å².